The third-order valence-corrected chi connectivity index (χ3v) is 18.2. The van der Waals surface area contributed by atoms with Crippen LogP contribution in [0, 0.1) is 5.92 Å². The first kappa shape index (κ1) is 79.7. The minimum atomic E-state index is -3.77. The highest BCUT2D eigenvalue weighted by Gasteiger charge is 2.26. The third kappa shape index (κ3) is 29.7. The molecule has 8 rings (SSSR count). The number of halogens is 5. The third-order valence-electron chi connectivity index (χ3n) is 11.0. The average Bonchev–Trinajstić information content (AvgIpc) is 2.23. The van der Waals surface area contributed by atoms with Crippen LogP contribution in [0.3, 0.4) is 0 Å². The summed E-state index contributed by atoms with van der Waals surface area (Å²) >= 11 is -1.72. The van der Waals surface area contributed by atoms with Gasteiger partial charge < -0.3 is 18.9 Å². The number of anilines is 3. The zero-order valence-electron chi connectivity index (χ0n) is 50.6. The molecule has 0 aromatic heterocycles. The molecule has 0 spiro atoms. The van der Waals surface area contributed by atoms with Crippen molar-refractivity contribution in [3.05, 3.63) is 157 Å². The van der Waals surface area contributed by atoms with Gasteiger partial charge in [0, 0.05) is 51.6 Å². The fourth-order valence-corrected chi connectivity index (χ4v) is 14.0. The van der Waals surface area contributed by atoms with Crippen molar-refractivity contribution in [2.24, 2.45) is 5.92 Å². The van der Waals surface area contributed by atoms with E-state index in [-0.39, 0.29) is 32.8 Å². The molecule has 0 saturated heterocycles. The minimum Gasteiger partial charge on any atom is -0.486 e. The normalized spacial score (nSPS) is 12.6. The second-order valence-electron chi connectivity index (χ2n) is 20.2. The number of fused-ring (bicyclic) bond motifs is 2. The van der Waals surface area contributed by atoms with E-state index >= 15 is 0 Å². The van der Waals surface area contributed by atoms with Crippen LogP contribution in [-0.4, -0.2) is 131 Å². The summed E-state index contributed by atoms with van der Waals surface area (Å²) in [5.41, 5.74) is 3.28. The molecule has 2 aliphatic heterocycles. The van der Waals surface area contributed by atoms with Crippen LogP contribution in [0.25, 0.3) is 0 Å². The molecule has 19 nitrogen and oxygen atoms in total. The summed E-state index contributed by atoms with van der Waals surface area (Å²) in [7, 11) is 4.00. The maximum Gasteiger partial charge on any atom is 0.643 e. The Morgan fingerprint density at radius 1 is 0.398 bits per heavy atom. The molecule has 0 unspecified atom stereocenters. The van der Waals surface area contributed by atoms with E-state index in [0.717, 1.165) is 18.4 Å². The van der Waals surface area contributed by atoms with E-state index in [0.29, 0.717) is 66.5 Å². The number of hydrogen-bond acceptors (Lipinski definition) is 16. The van der Waals surface area contributed by atoms with Crippen LogP contribution in [0.5, 0.6) is 23.0 Å². The Kier molecular flexibility index (Phi) is 33.1. The van der Waals surface area contributed by atoms with Gasteiger partial charge >= 0.3 is 11.4 Å². The van der Waals surface area contributed by atoms with Gasteiger partial charge in [-0.2, -0.15) is 0 Å². The van der Waals surface area contributed by atoms with Crippen LogP contribution >= 0.6 is 51.5 Å². The summed E-state index contributed by atoms with van der Waals surface area (Å²) in [5.74, 6) is 2.62. The smallest absolute Gasteiger partial charge is 0.486 e. The van der Waals surface area contributed by atoms with E-state index < -0.39 is 69.4 Å². The quantitative estimate of drug-likeness (QED) is 0.0726. The summed E-state index contributed by atoms with van der Waals surface area (Å²) in [6.07, 6.45) is 5.68. The number of benzene rings is 6. The summed E-state index contributed by atoms with van der Waals surface area (Å²) in [4.78, 5) is 0.173. The highest BCUT2D eigenvalue weighted by atomic mass is 35.8. The van der Waals surface area contributed by atoms with E-state index in [1.807, 2.05) is 64.1 Å². The maximum atomic E-state index is 12.9. The average molecular weight is 1450 g/mol. The van der Waals surface area contributed by atoms with Crippen molar-refractivity contribution in [3.63, 3.8) is 0 Å². The van der Waals surface area contributed by atoms with Gasteiger partial charge in [0.05, 0.1) is 56.8 Å². The summed E-state index contributed by atoms with van der Waals surface area (Å²) < 4.78 is 162. The molecule has 0 radical (unpaired) electrons. The van der Waals surface area contributed by atoms with Gasteiger partial charge in [-0.1, -0.05) is 80.6 Å². The monoisotopic (exact) mass is 1450 g/mol. The Labute approximate surface area is 547 Å². The van der Waals surface area contributed by atoms with Crippen molar-refractivity contribution >= 4 is 138 Å². The van der Waals surface area contributed by atoms with E-state index in [9.17, 15) is 50.5 Å². The Hall–Kier alpha value is -4.40. The minimum absolute atomic E-state index is 0.0171. The first-order chi connectivity index (χ1) is 40.5. The lowest BCUT2D eigenvalue weighted by molar-refractivity contribution is 0.171. The summed E-state index contributed by atoms with van der Waals surface area (Å²) in [6.45, 7) is 17.1. The number of rotatable bonds is 14. The van der Waals surface area contributed by atoms with Crippen molar-refractivity contribution in [1.82, 2.24) is 0 Å². The SMILES string of the molecule is CC(C)Cc1ccccc1.CC(C)N(c1ccc(S(=O)(=O)c2ccc3c(c2)OCCO3)cc1)S(C)(=O)=O.CC(C)N(c1ccccc1)S(C)(=O)=O.CC(C)N(c1ccccc1)S(C)(=O)=O.CS(=O)(=O)Cl.O=S(=O)(Cl)c1ccc2c(c1)OCCO2.[Cl][Al]([Cl])[Cl]. The molecule has 0 atom stereocenters. The lowest BCUT2D eigenvalue weighted by Crippen LogP contribution is -2.36. The highest BCUT2D eigenvalue weighted by Crippen LogP contribution is 2.36. The van der Waals surface area contributed by atoms with E-state index in [4.69, 9.17) is 59.8 Å². The molecule has 0 aliphatic carbocycles. The van der Waals surface area contributed by atoms with Crippen molar-refractivity contribution in [2.45, 2.75) is 94.6 Å². The molecule has 0 bridgehead atoms. The fourth-order valence-electron chi connectivity index (χ4n) is 8.13. The fraction of sp³-hybridized carbons (Fsp3) is 0.368. The zero-order chi connectivity index (χ0) is 67.0. The lowest BCUT2D eigenvalue weighted by Gasteiger charge is -2.26. The maximum absolute atomic E-state index is 12.9. The highest BCUT2D eigenvalue weighted by molar-refractivity contribution is 8.13. The Bertz CT molecular complexity index is 3720. The van der Waals surface area contributed by atoms with Gasteiger partial charge in [-0.25, -0.2) is 80.7 Å². The van der Waals surface area contributed by atoms with Gasteiger partial charge in [0.1, 0.15) is 26.4 Å². The van der Waals surface area contributed by atoms with Crippen LogP contribution in [0.1, 0.15) is 61.0 Å². The molecular weight excluding hydrogens is 1380 g/mol. The molecule has 2 aliphatic rings. The van der Waals surface area contributed by atoms with Crippen LogP contribution in [0.4, 0.5) is 17.1 Å². The van der Waals surface area contributed by atoms with Crippen molar-refractivity contribution in [3.8, 4) is 23.0 Å². The molecule has 0 N–H and O–H groups in total. The Morgan fingerprint density at radius 2 is 0.670 bits per heavy atom. The van der Waals surface area contributed by atoms with Gasteiger partial charge in [-0.3, -0.25) is 12.9 Å². The molecule has 0 saturated carbocycles. The van der Waals surface area contributed by atoms with Gasteiger partial charge in [0.25, 0.3) is 9.05 Å². The summed E-state index contributed by atoms with van der Waals surface area (Å²) in [5, 5.41) is 0. The van der Waals surface area contributed by atoms with E-state index in [2.05, 4.69) is 54.9 Å². The standard InChI is InChI=1S/C18H21NO6S2.2C10H15NO2S.C10H14.C8H7ClO4S.CH3ClO2S.Al.3ClH/c1-13(2)19(26(3,20)21)14-4-6-15(7-5-14)27(22,23)16-8-9-17-18(12-16)25-11-10-24-17;2*1-9(2)11(14(3,12)13)10-7-5-4-6-8-10;1-9(2)8-10-6-4-3-5-7-10;9-14(10,11)6-1-2-7-8(5-6)13-4-3-12-7;1-5(2,3)4;;;;/h4-9,12-13H,10-11H2,1-3H3;2*4-9H,1-3H3;3-7,9H,8H2,1-2H3;1-2,5H,3-4H2;1H3;;3*1H/q;;;;;;+3;;;/p-3. The molecule has 0 fully saturated rings. The topological polar surface area (TPSA) is 251 Å². The molecule has 0 amide bonds. The zero-order valence-corrected chi connectivity index (χ0v) is 60.4. The predicted molar refractivity (Wildman–Crippen MR) is 359 cm³/mol. The first-order valence-electron chi connectivity index (χ1n) is 26.6. The molecule has 6 aromatic carbocycles. The van der Waals surface area contributed by atoms with E-state index in [1.165, 1.54) is 92.0 Å². The van der Waals surface area contributed by atoms with Crippen molar-refractivity contribution in [2.75, 3.05) is 64.4 Å². The number of nitrogens with zero attached hydrogens (tertiary/aromatic N) is 3. The number of ether oxygens (including phenoxy) is 4. The first-order valence-corrected chi connectivity index (χ1v) is 43.9. The van der Waals surface area contributed by atoms with Crippen molar-refractivity contribution in [1.29, 1.82) is 0 Å². The van der Waals surface area contributed by atoms with Crippen molar-refractivity contribution < 1.29 is 69.5 Å². The predicted octanol–water partition coefficient (Wildman–Crippen LogP) is 12.3. The molecule has 6 aromatic rings. The number of sulfonamides is 3. The van der Waals surface area contributed by atoms with Crippen LogP contribution in [0.15, 0.2) is 166 Å². The van der Waals surface area contributed by atoms with Gasteiger partial charge in [0.15, 0.2) is 23.0 Å². The molecule has 2 heterocycles. The van der Waals surface area contributed by atoms with Crippen LogP contribution in [-0.2, 0) is 64.4 Å². The second kappa shape index (κ2) is 36.6. The van der Waals surface area contributed by atoms with Crippen LogP contribution in [0.2, 0.25) is 0 Å². The largest absolute Gasteiger partial charge is 0.643 e. The Balaban J connectivity index is 0.000000376. The number of sulfone groups is 1. The second-order valence-corrected chi connectivity index (χ2v) is 39.8. The lowest BCUT2D eigenvalue weighted by atomic mass is 10.0. The number of hydrogen-bond donors (Lipinski definition) is 0. The van der Waals surface area contributed by atoms with Gasteiger partial charge in [-0.05, 0) is 132 Å². The Morgan fingerprint density at radius 3 is 0.966 bits per heavy atom. The van der Waals surface area contributed by atoms with Crippen LogP contribution < -0.4 is 31.9 Å². The van der Waals surface area contributed by atoms with Gasteiger partial charge in [0.2, 0.25) is 49.0 Å². The number of para-hydroxylation sites is 2. The molecule has 88 heavy (non-hydrogen) atoms. The molecule has 31 heteroatoms. The van der Waals surface area contributed by atoms with E-state index in [1.54, 1.807) is 44.2 Å². The molecular formula is C57H75AlCl5N3O16S6. The molecule has 488 valence electrons. The summed E-state index contributed by atoms with van der Waals surface area (Å²) in [6, 6.07) is 43.0. The van der Waals surface area contributed by atoms with Gasteiger partial charge in [-0.15, -0.1) is 0 Å².